The van der Waals surface area contributed by atoms with Crippen molar-refractivity contribution in [3.05, 3.63) is 22.4 Å². The van der Waals surface area contributed by atoms with Crippen molar-refractivity contribution in [2.45, 2.75) is 18.9 Å². The Morgan fingerprint density at radius 2 is 2.44 bits per heavy atom. The van der Waals surface area contributed by atoms with Crippen LogP contribution in [0.15, 0.2) is 16.8 Å². The summed E-state index contributed by atoms with van der Waals surface area (Å²) in [7, 11) is 1.27. The third kappa shape index (κ3) is 3.92. The molecule has 16 heavy (non-hydrogen) atoms. The number of rotatable bonds is 6. The Kier molecular flexibility index (Phi) is 4.92. The Hall–Kier alpha value is -0.910. The van der Waals surface area contributed by atoms with Gasteiger partial charge in [0.25, 0.3) is 0 Å². The Labute approximate surface area is 99.2 Å². The lowest BCUT2D eigenvalue weighted by molar-refractivity contribution is -0.159. The highest BCUT2D eigenvalue weighted by molar-refractivity contribution is 7.07. The number of aliphatic hydroxyl groups is 1. The van der Waals surface area contributed by atoms with Crippen molar-refractivity contribution in [3.8, 4) is 0 Å². The summed E-state index contributed by atoms with van der Waals surface area (Å²) in [4.78, 5) is 11.1. The predicted molar refractivity (Wildman–Crippen MR) is 63.5 cm³/mol. The highest BCUT2D eigenvalue weighted by Gasteiger charge is 2.30. The number of thiophene rings is 1. The third-order valence-electron chi connectivity index (χ3n) is 2.26. The summed E-state index contributed by atoms with van der Waals surface area (Å²) in [5.41, 5.74) is -0.196. The van der Waals surface area contributed by atoms with Gasteiger partial charge < -0.3 is 15.2 Å². The van der Waals surface area contributed by atoms with Gasteiger partial charge in [-0.3, -0.25) is 0 Å². The third-order valence-corrected chi connectivity index (χ3v) is 3.00. The van der Waals surface area contributed by atoms with E-state index in [2.05, 4.69) is 21.5 Å². The van der Waals surface area contributed by atoms with E-state index in [0.29, 0.717) is 0 Å². The van der Waals surface area contributed by atoms with Crippen LogP contribution in [0.4, 0.5) is 0 Å². The van der Waals surface area contributed by atoms with Crippen molar-refractivity contribution in [1.29, 1.82) is 0 Å². The van der Waals surface area contributed by atoms with Crippen molar-refractivity contribution in [2.75, 3.05) is 20.2 Å². The van der Waals surface area contributed by atoms with Gasteiger partial charge in [0.05, 0.1) is 7.11 Å². The Morgan fingerprint density at radius 1 is 1.69 bits per heavy atom. The molecule has 1 rings (SSSR count). The van der Waals surface area contributed by atoms with Crippen LogP contribution in [0.5, 0.6) is 0 Å². The van der Waals surface area contributed by atoms with Gasteiger partial charge in [-0.15, -0.1) is 0 Å². The molecule has 0 spiro atoms. The molecule has 0 saturated heterocycles. The number of carbonyl (C=O) groups excluding carboxylic acids is 1. The zero-order chi connectivity index (χ0) is 12.0. The molecule has 90 valence electrons. The van der Waals surface area contributed by atoms with Crippen molar-refractivity contribution in [2.24, 2.45) is 0 Å². The highest BCUT2D eigenvalue weighted by atomic mass is 32.1. The number of ether oxygens (including phenoxy) is 1. The van der Waals surface area contributed by atoms with E-state index in [4.69, 9.17) is 0 Å². The number of carbonyl (C=O) groups is 1. The molecule has 1 aromatic rings. The largest absolute Gasteiger partial charge is 0.467 e. The zero-order valence-corrected chi connectivity index (χ0v) is 10.3. The van der Waals surface area contributed by atoms with E-state index in [0.717, 1.165) is 13.0 Å². The van der Waals surface area contributed by atoms with Gasteiger partial charge >= 0.3 is 5.97 Å². The molecule has 0 fully saturated rings. The van der Waals surface area contributed by atoms with Crippen LogP contribution < -0.4 is 5.32 Å². The van der Waals surface area contributed by atoms with Crippen molar-refractivity contribution in [3.63, 3.8) is 0 Å². The molecule has 0 amide bonds. The van der Waals surface area contributed by atoms with Crippen LogP contribution in [-0.2, 0) is 16.0 Å². The summed E-state index contributed by atoms with van der Waals surface area (Å²) < 4.78 is 4.49. The van der Waals surface area contributed by atoms with E-state index < -0.39 is 11.6 Å². The SMILES string of the molecule is COC(=O)C(C)(O)CNCCc1ccsc1. The molecule has 0 radical (unpaired) electrons. The number of methoxy groups -OCH3 is 1. The molecule has 0 aromatic carbocycles. The van der Waals surface area contributed by atoms with Gasteiger partial charge in [-0.2, -0.15) is 11.3 Å². The van der Waals surface area contributed by atoms with E-state index in [1.165, 1.54) is 19.6 Å². The second kappa shape index (κ2) is 5.98. The summed E-state index contributed by atoms with van der Waals surface area (Å²) in [5.74, 6) is -0.615. The quantitative estimate of drug-likeness (QED) is 0.573. The first kappa shape index (κ1) is 13.2. The summed E-state index contributed by atoms with van der Waals surface area (Å²) in [5, 5.41) is 16.8. The normalized spacial score (nSPS) is 14.4. The second-order valence-electron chi connectivity index (χ2n) is 3.82. The minimum absolute atomic E-state index is 0.198. The molecule has 0 saturated carbocycles. The molecule has 2 N–H and O–H groups in total. The lowest BCUT2D eigenvalue weighted by Gasteiger charge is -2.20. The smallest absolute Gasteiger partial charge is 0.338 e. The maximum atomic E-state index is 11.1. The first-order chi connectivity index (χ1) is 7.56. The minimum atomic E-state index is -1.45. The number of hydrogen-bond donors (Lipinski definition) is 2. The summed E-state index contributed by atoms with van der Waals surface area (Å²) in [6.07, 6.45) is 0.890. The Morgan fingerprint density at radius 3 is 3.00 bits per heavy atom. The molecule has 0 bridgehead atoms. The lowest BCUT2D eigenvalue weighted by atomic mass is 10.1. The Bertz CT molecular complexity index is 322. The topological polar surface area (TPSA) is 58.6 Å². The standard InChI is InChI=1S/C11H17NO3S/c1-11(14,10(13)15-2)8-12-5-3-9-4-6-16-7-9/h4,6-7,12,14H,3,5,8H2,1-2H3. The van der Waals surface area contributed by atoms with E-state index in [1.54, 1.807) is 11.3 Å². The van der Waals surface area contributed by atoms with E-state index in [9.17, 15) is 9.90 Å². The zero-order valence-electron chi connectivity index (χ0n) is 9.53. The molecule has 0 aliphatic heterocycles. The van der Waals surface area contributed by atoms with Crippen LogP contribution >= 0.6 is 11.3 Å². The fraction of sp³-hybridized carbons (Fsp3) is 0.545. The van der Waals surface area contributed by atoms with Crippen LogP contribution in [0.2, 0.25) is 0 Å². The summed E-state index contributed by atoms with van der Waals surface area (Å²) in [6, 6.07) is 2.06. The molecule has 1 atom stereocenters. The van der Waals surface area contributed by atoms with Gasteiger partial charge in [0.15, 0.2) is 5.60 Å². The molecule has 5 heteroatoms. The van der Waals surface area contributed by atoms with Crippen molar-refractivity contribution < 1.29 is 14.6 Å². The molecular formula is C11H17NO3S. The van der Waals surface area contributed by atoms with E-state index in [1.807, 2.05) is 5.38 Å². The van der Waals surface area contributed by atoms with Gasteiger partial charge in [0.2, 0.25) is 0 Å². The highest BCUT2D eigenvalue weighted by Crippen LogP contribution is 2.06. The molecule has 1 aromatic heterocycles. The van der Waals surface area contributed by atoms with Gasteiger partial charge in [-0.05, 0) is 42.3 Å². The van der Waals surface area contributed by atoms with Crippen LogP contribution in [0.25, 0.3) is 0 Å². The average Bonchev–Trinajstić information content (AvgIpc) is 2.76. The molecule has 1 unspecified atom stereocenters. The van der Waals surface area contributed by atoms with Gasteiger partial charge in [-0.1, -0.05) is 0 Å². The minimum Gasteiger partial charge on any atom is -0.467 e. The Balaban J connectivity index is 2.22. The van der Waals surface area contributed by atoms with Gasteiger partial charge in [0, 0.05) is 6.54 Å². The average molecular weight is 243 g/mol. The lowest BCUT2D eigenvalue weighted by Crippen LogP contribution is -2.46. The summed E-state index contributed by atoms with van der Waals surface area (Å²) in [6.45, 7) is 2.37. The van der Waals surface area contributed by atoms with Gasteiger partial charge in [0.1, 0.15) is 0 Å². The fourth-order valence-corrected chi connectivity index (χ4v) is 1.99. The van der Waals surface area contributed by atoms with Crippen molar-refractivity contribution in [1.82, 2.24) is 5.32 Å². The van der Waals surface area contributed by atoms with Crippen LogP contribution in [-0.4, -0.2) is 36.9 Å². The second-order valence-corrected chi connectivity index (χ2v) is 4.60. The monoisotopic (exact) mass is 243 g/mol. The van der Waals surface area contributed by atoms with Crippen LogP contribution in [0.1, 0.15) is 12.5 Å². The summed E-state index contributed by atoms with van der Waals surface area (Å²) >= 11 is 1.66. The molecule has 0 aliphatic carbocycles. The molecular weight excluding hydrogens is 226 g/mol. The maximum absolute atomic E-state index is 11.1. The van der Waals surface area contributed by atoms with E-state index >= 15 is 0 Å². The first-order valence-corrected chi connectivity index (χ1v) is 6.03. The molecule has 0 aliphatic rings. The van der Waals surface area contributed by atoms with Crippen LogP contribution in [0.3, 0.4) is 0 Å². The van der Waals surface area contributed by atoms with E-state index in [-0.39, 0.29) is 6.54 Å². The maximum Gasteiger partial charge on any atom is 0.338 e. The molecule has 4 nitrogen and oxygen atoms in total. The first-order valence-electron chi connectivity index (χ1n) is 5.09. The number of hydrogen-bond acceptors (Lipinski definition) is 5. The van der Waals surface area contributed by atoms with Crippen LogP contribution in [0, 0.1) is 0 Å². The van der Waals surface area contributed by atoms with Gasteiger partial charge in [-0.25, -0.2) is 4.79 Å². The number of esters is 1. The molecule has 1 heterocycles. The fourth-order valence-electron chi connectivity index (χ4n) is 1.29. The predicted octanol–water partition coefficient (Wildman–Crippen LogP) is 0.804. The number of nitrogens with one attached hydrogen (secondary N) is 1. The van der Waals surface area contributed by atoms with Crippen molar-refractivity contribution >= 4 is 17.3 Å².